The summed E-state index contributed by atoms with van der Waals surface area (Å²) in [6, 6.07) is 12.2. The van der Waals surface area contributed by atoms with Crippen molar-refractivity contribution in [3.63, 3.8) is 0 Å². The molecule has 3 aromatic rings. The maximum atomic E-state index is 12.8. The number of hydrogen-bond acceptors (Lipinski definition) is 5. The molecule has 2 aliphatic rings. The standard InChI is InChI=1S/C23H24N4OS/c1-26-16-23(8-10-27(11-9-23)14-17-7-12-29-15-17)20-19(22(26)28)13-24-21(25-20)18-5-3-2-4-6-18/h2-7,12-13,15H,8-11,14,16H2,1H3. The molecule has 6 heteroatoms. The van der Waals surface area contributed by atoms with Crippen LogP contribution >= 0.6 is 11.3 Å². The van der Waals surface area contributed by atoms with E-state index in [9.17, 15) is 4.79 Å². The van der Waals surface area contributed by atoms with E-state index in [1.165, 1.54) is 5.56 Å². The van der Waals surface area contributed by atoms with E-state index in [0.717, 1.165) is 50.3 Å². The Balaban J connectivity index is 1.47. The lowest BCUT2D eigenvalue weighted by Gasteiger charge is -2.46. The second-order valence-electron chi connectivity index (χ2n) is 8.17. The number of carbonyl (C=O) groups excluding carboxylic acids is 1. The second kappa shape index (κ2) is 7.35. The number of likely N-dealkylation sites (tertiary alicyclic amines) is 1. The van der Waals surface area contributed by atoms with Gasteiger partial charge in [-0.05, 0) is 48.3 Å². The quantitative estimate of drug-likeness (QED) is 0.666. The summed E-state index contributed by atoms with van der Waals surface area (Å²) in [4.78, 5) is 26.7. The number of amides is 1. The number of rotatable bonds is 3. The largest absolute Gasteiger partial charge is 0.341 e. The van der Waals surface area contributed by atoms with Gasteiger partial charge in [-0.15, -0.1) is 0 Å². The van der Waals surface area contributed by atoms with E-state index in [-0.39, 0.29) is 11.3 Å². The van der Waals surface area contributed by atoms with Crippen LogP contribution in [0.2, 0.25) is 0 Å². The molecule has 1 saturated heterocycles. The summed E-state index contributed by atoms with van der Waals surface area (Å²) in [6.07, 6.45) is 3.75. The maximum absolute atomic E-state index is 12.8. The number of thiophene rings is 1. The molecule has 0 bridgehead atoms. The molecule has 1 amide bonds. The third kappa shape index (κ3) is 3.36. The molecule has 0 N–H and O–H groups in total. The SMILES string of the molecule is CN1CC2(CCN(Cc3ccsc3)CC2)c2nc(-c3ccccc3)ncc2C1=O. The topological polar surface area (TPSA) is 49.3 Å². The summed E-state index contributed by atoms with van der Waals surface area (Å²) in [5.74, 6) is 0.743. The van der Waals surface area contributed by atoms with Gasteiger partial charge in [0.15, 0.2) is 5.82 Å². The Labute approximate surface area is 175 Å². The summed E-state index contributed by atoms with van der Waals surface area (Å²) >= 11 is 1.75. The van der Waals surface area contributed by atoms with Gasteiger partial charge >= 0.3 is 0 Å². The number of likely N-dealkylation sites (N-methyl/N-ethyl adjacent to an activating group) is 1. The van der Waals surface area contributed by atoms with Crippen molar-refractivity contribution in [2.24, 2.45) is 0 Å². The maximum Gasteiger partial charge on any atom is 0.257 e. The van der Waals surface area contributed by atoms with Gasteiger partial charge in [0.05, 0.1) is 11.3 Å². The Hall–Kier alpha value is -2.57. The van der Waals surface area contributed by atoms with Crippen LogP contribution in [-0.4, -0.2) is 52.4 Å². The Bertz CT molecular complexity index is 1010. The first kappa shape index (κ1) is 18.5. The minimum Gasteiger partial charge on any atom is -0.341 e. The number of carbonyl (C=O) groups is 1. The van der Waals surface area contributed by atoms with E-state index < -0.39 is 0 Å². The normalized spacial score (nSPS) is 18.8. The Morgan fingerprint density at radius 1 is 1.14 bits per heavy atom. The summed E-state index contributed by atoms with van der Waals surface area (Å²) in [6.45, 7) is 3.76. The van der Waals surface area contributed by atoms with Crippen LogP contribution in [-0.2, 0) is 12.0 Å². The fraction of sp³-hybridized carbons (Fsp3) is 0.348. The summed E-state index contributed by atoms with van der Waals surface area (Å²) in [7, 11) is 1.90. The zero-order valence-corrected chi connectivity index (χ0v) is 17.4. The Morgan fingerprint density at radius 2 is 1.93 bits per heavy atom. The number of benzene rings is 1. The van der Waals surface area contributed by atoms with Crippen molar-refractivity contribution < 1.29 is 4.79 Å². The molecular weight excluding hydrogens is 380 g/mol. The molecule has 0 aliphatic carbocycles. The van der Waals surface area contributed by atoms with Crippen molar-refractivity contribution in [2.45, 2.75) is 24.8 Å². The lowest BCUT2D eigenvalue weighted by Crippen LogP contribution is -2.53. The van der Waals surface area contributed by atoms with E-state index >= 15 is 0 Å². The van der Waals surface area contributed by atoms with Crippen molar-refractivity contribution in [1.29, 1.82) is 0 Å². The minimum atomic E-state index is -0.0877. The third-order valence-corrected chi connectivity index (χ3v) is 6.97. The van der Waals surface area contributed by atoms with Gasteiger partial charge < -0.3 is 4.90 Å². The van der Waals surface area contributed by atoms with Crippen LogP contribution in [0.15, 0.2) is 53.4 Å². The zero-order valence-electron chi connectivity index (χ0n) is 16.5. The van der Waals surface area contributed by atoms with Gasteiger partial charge in [0.2, 0.25) is 0 Å². The lowest BCUT2D eigenvalue weighted by atomic mass is 9.71. The molecule has 148 valence electrons. The summed E-state index contributed by atoms with van der Waals surface area (Å²) < 4.78 is 0. The molecular formula is C23H24N4OS. The molecule has 0 unspecified atom stereocenters. The van der Waals surface area contributed by atoms with Crippen LogP contribution in [0.1, 0.15) is 34.5 Å². The van der Waals surface area contributed by atoms with Gasteiger partial charge in [-0.3, -0.25) is 9.69 Å². The Kier molecular flexibility index (Phi) is 4.68. The molecule has 29 heavy (non-hydrogen) atoms. The highest BCUT2D eigenvalue weighted by Crippen LogP contribution is 2.41. The van der Waals surface area contributed by atoms with E-state index in [1.54, 1.807) is 17.5 Å². The fourth-order valence-electron chi connectivity index (χ4n) is 4.65. The average molecular weight is 405 g/mol. The highest BCUT2D eigenvalue weighted by atomic mass is 32.1. The van der Waals surface area contributed by atoms with E-state index in [4.69, 9.17) is 4.98 Å². The minimum absolute atomic E-state index is 0.0333. The molecule has 4 heterocycles. The highest BCUT2D eigenvalue weighted by molar-refractivity contribution is 7.07. The molecule has 5 rings (SSSR count). The molecule has 0 atom stereocenters. The van der Waals surface area contributed by atoms with Crippen molar-refractivity contribution in [2.75, 3.05) is 26.7 Å². The first-order valence-corrected chi connectivity index (χ1v) is 11.0. The van der Waals surface area contributed by atoms with Gasteiger partial charge in [0.1, 0.15) is 0 Å². The summed E-state index contributed by atoms with van der Waals surface area (Å²) in [5, 5.41) is 4.37. The summed E-state index contributed by atoms with van der Waals surface area (Å²) in [5.41, 5.74) is 3.91. The van der Waals surface area contributed by atoms with Crippen molar-refractivity contribution >= 4 is 17.2 Å². The Morgan fingerprint density at radius 3 is 2.66 bits per heavy atom. The van der Waals surface area contributed by atoms with Gasteiger partial charge in [0, 0.05) is 37.3 Å². The molecule has 0 saturated carbocycles. The van der Waals surface area contributed by atoms with Crippen LogP contribution in [0.4, 0.5) is 0 Å². The first-order valence-electron chi connectivity index (χ1n) is 10.1. The molecule has 0 radical (unpaired) electrons. The van der Waals surface area contributed by atoms with Gasteiger partial charge in [-0.25, -0.2) is 9.97 Å². The highest BCUT2D eigenvalue weighted by Gasteiger charge is 2.45. The van der Waals surface area contributed by atoms with Crippen molar-refractivity contribution in [3.8, 4) is 11.4 Å². The number of fused-ring (bicyclic) bond motifs is 2. The number of piperidine rings is 1. The van der Waals surface area contributed by atoms with E-state index in [2.05, 4.69) is 26.7 Å². The number of hydrogen-bond donors (Lipinski definition) is 0. The molecule has 2 aliphatic heterocycles. The molecule has 1 fully saturated rings. The van der Waals surface area contributed by atoms with E-state index in [0.29, 0.717) is 11.4 Å². The zero-order chi connectivity index (χ0) is 19.8. The van der Waals surface area contributed by atoms with E-state index in [1.807, 2.05) is 42.3 Å². The average Bonchev–Trinajstić information content (AvgIpc) is 3.27. The monoisotopic (exact) mass is 404 g/mol. The fourth-order valence-corrected chi connectivity index (χ4v) is 5.31. The van der Waals surface area contributed by atoms with Crippen LogP contribution < -0.4 is 0 Å². The van der Waals surface area contributed by atoms with Crippen molar-refractivity contribution in [1.82, 2.24) is 19.8 Å². The van der Waals surface area contributed by atoms with Gasteiger partial charge in [-0.2, -0.15) is 11.3 Å². The van der Waals surface area contributed by atoms with Crippen molar-refractivity contribution in [3.05, 3.63) is 70.2 Å². The van der Waals surface area contributed by atoms with Gasteiger partial charge in [0.25, 0.3) is 5.91 Å². The van der Waals surface area contributed by atoms with Crippen LogP contribution in [0.5, 0.6) is 0 Å². The van der Waals surface area contributed by atoms with Crippen LogP contribution in [0.3, 0.4) is 0 Å². The molecule has 1 aromatic carbocycles. The lowest BCUT2D eigenvalue weighted by molar-refractivity contribution is 0.0624. The predicted molar refractivity (Wildman–Crippen MR) is 115 cm³/mol. The number of aromatic nitrogens is 2. The third-order valence-electron chi connectivity index (χ3n) is 6.24. The molecule has 1 spiro atoms. The smallest absolute Gasteiger partial charge is 0.257 e. The molecule has 2 aromatic heterocycles. The molecule has 5 nitrogen and oxygen atoms in total. The first-order chi connectivity index (χ1) is 14.1. The van der Waals surface area contributed by atoms with Crippen LogP contribution in [0, 0.1) is 0 Å². The van der Waals surface area contributed by atoms with Crippen LogP contribution in [0.25, 0.3) is 11.4 Å². The predicted octanol–water partition coefficient (Wildman–Crippen LogP) is 3.82. The number of nitrogens with zero attached hydrogens (tertiary/aromatic N) is 4. The van der Waals surface area contributed by atoms with Gasteiger partial charge in [-0.1, -0.05) is 30.3 Å². The second-order valence-corrected chi connectivity index (χ2v) is 8.95.